The van der Waals surface area contributed by atoms with Gasteiger partial charge in [-0.3, -0.25) is 4.99 Å². The van der Waals surface area contributed by atoms with Crippen molar-refractivity contribution in [1.82, 2.24) is 0 Å². The third-order valence-corrected chi connectivity index (χ3v) is 1.91. The van der Waals surface area contributed by atoms with Crippen molar-refractivity contribution in [2.75, 3.05) is 13.2 Å². The summed E-state index contributed by atoms with van der Waals surface area (Å²) in [6, 6.07) is 6.88. The highest BCUT2D eigenvalue weighted by atomic mass is 35.5. The van der Waals surface area contributed by atoms with Crippen molar-refractivity contribution in [3.8, 4) is 5.75 Å². The summed E-state index contributed by atoms with van der Waals surface area (Å²) in [5.41, 5.74) is 0.928. The summed E-state index contributed by atoms with van der Waals surface area (Å²) in [6.45, 7) is 1.57. The van der Waals surface area contributed by atoms with Gasteiger partial charge < -0.3 is 9.84 Å². The number of phenolic OH excluding ortho intramolecular Hbond substituents is 1. The number of aromatic hydroxyl groups is 1. The van der Waals surface area contributed by atoms with E-state index in [9.17, 15) is 0 Å². The molecule has 0 fully saturated rings. The molecule has 4 heteroatoms. The van der Waals surface area contributed by atoms with Gasteiger partial charge in [0.2, 0.25) is 5.90 Å². The van der Waals surface area contributed by atoms with Crippen molar-refractivity contribution in [3.05, 3.63) is 29.8 Å². The van der Waals surface area contributed by atoms with E-state index in [2.05, 4.69) is 4.99 Å². The van der Waals surface area contributed by atoms with E-state index >= 15 is 0 Å². The minimum atomic E-state index is 0. The quantitative estimate of drug-likeness (QED) is 0.775. The molecule has 2 rings (SSSR count). The maximum absolute atomic E-state index is 9.07. The van der Waals surface area contributed by atoms with Crippen LogP contribution in [0.25, 0.3) is 0 Å². The topological polar surface area (TPSA) is 41.8 Å². The number of rotatable bonds is 1. The molecule has 0 saturated heterocycles. The zero-order chi connectivity index (χ0) is 9.10. The van der Waals surface area contributed by atoms with Crippen molar-refractivity contribution in [1.29, 1.82) is 0 Å². The average Bonchev–Trinajstić information content (AvgIpc) is 2.20. The first-order valence-electron chi connectivity index (χ1n) is 4.33. The fourth-order valence-electron chi connectivity index (χ4n) is 1.24. The predicted octanol–water partition coefficient (Wildman–Crippen LogP) is 1.98. The van der Waals surface area contributed by atoms with E-state index in [4.69, 9.17) is 9.84 Å². The molecule has 0 radical (unpaired) electrons. The third kappa shape index (κ3) is 2.39. The lowest BCUT2D eigenvalue weighted by molar-refractivity contribution is 0.284. The Labute approximate surface area is 88.8 Å². The molecule has 1 aliphatic rings. The first-order valence-corrected chi connectivity index (χ1v) is 4.33. The molecular formula is C10H12ClNO2. The van der Waals surface area contributed by atoms with Gasteiger partial charge in [0.25, 0.3) is 0 Å². The molecule has 1 aliphatic heterocycles. The maximum Gasteiger partial charge on any atom is 0.216 e. The maximum atomic E-state index is 9.07. The Kier molecular flexibility index (Phi) is 3.77. The highest BCUT2D eigenvalue weighted by Crippen LogP contribution is 2.12. The zero-order valence-electron chi connectivity index (χ0n) is 7.64. The molecule has 0 aliphatic carbocycles. The molecule has 1 heterocycles. The van der Waals surface area contributed by atoms with Gasteiger partial charge in [-0.2, -0.15) is 0 Å². The molecule has 1 aromatic rings. The van der Waals surface area contributed by atoms with Crippen molar-refractivity contribution in [2.24, 2.45) is 4.99 Å². The summed E-state index contributed by atoms with van der Waals surface area (Å²) in [4.78, 5) is 4.24. The zero-order valence-corrected chi connectivity index (χ0v) is 8.46. The summed E-state index contributed by atoms with van der Waals surface area (Å²) >= 11 is 0. The minimum Gasteiger partial charge on any atom is -0.508 e. The first-order chi connectivity index (χ1) is 6.36. The number of hydrogen-bond acceptors (Lipinski definition) is 3. The van der Waals surface area contributed by atoms with Crippen LogP contribution in [0.15, 0.2) is 29.3 Å². The molecule has 76 valence electrons. The molecule has 0 unspecified atom stereocenters. The standard InChI is InChI=1S/C10H11NO2.ClH/c12-9-4-2-8(3-5-9)10-11-6-1-7-13-10;/h2-5,12H,1,6-7H2;1H. The van der Waals surface area contributed by atoms with Gasteiger partial charge in [0, 0.05) is 18.5 Å². The van der Waals surface area contributed by atoms with Gasteiger partial charge in [-0.15, -0.1) is 12.4 Å². The molecule has 1 aromatic carbocycles. The van der Waals surface area contributed by atoms with Crippen LogP contribution in [0.1, 0.15) is 12.0 Å². The fraction of sp³-hybridized carbons (Fsp3) is 0.300. The summed E-state index contributed by atoms with van der Waals surface area (Å²) in [6.07, 6.45) is 0.988. The first kappa shape index (κ1) is 10.9. The average molecular weight is 214 g/mol. The van der Waals surface area contributed by atoms with Crippen LogP contribution in [0.5, 0.6) is 5.75 Å². The van der Waals surface area contributed by atoms with Crippen molar-refractivity contribution in [3.63, 3.8) is 0 Å². The van der Waals surface area contributed by atoms with Crippen LogP contribution in [-0.4, -0.2) is 24.2 Å². The van der Waals surface area contributed by atoms with Gasteiger partial charge >= 0.3 is 0 Å². The van der Waals surface area contributed by atoms with E-state index in [1.807, 2.05) is 0 Å². The Bertz CT molecular complexity index is 321. The third-order valence-electron chi connectivity index (χ3n) is 1.91. The van der Waals surface area contributed by atoms with E-state index in [1.54, 1.807) is 24.3 Å². The largest absolute Gasteiger partial charge is 0.508 e. The van der Waals surface area contributed by atoms with E-state index in [-0.39, 0.29) is 18.2 Å². The molecule has 0 spiro atoms. The summed E-state index contributed by atoms with van der Waals surface area (Å²) < 4.78 is 5.37. The van der Waals surface area contributed by atoms with Crippen LogP contribution in [0, 0.1) is 0 Å². The lowest BCUT2D eigenvalue weighted by Crippen LogP contribution is -2.14. The number of ether oxygens (including phenoxy) is 1. The Hall–Kier alpha value is -1.22. The molecule has 0 amide bonds. The lowest BCUT2D eigenvalue weighted by atomic mass is 10.2. The van der Waals surface area contributed by atoms with Crippen LogP contribution in [0.2, 0.25) is 0 Å². The fourth-order valence-corrected chi connectivity index (χ4v) is 1.24. The molecule has 0 atom stereocenters. The summed E-state index contributed by atoms with van der Waals surface area (Å²) in [7, 11) is 0. The van der Waals surface area contributed by atoms with Gasteiger partial charge in [0.1, 0.15) is 5.75 Å². The van der Waals surface area contributed by atoms with Crippen molar-refractivity contribution in [2.45, 2.75) is 6.42 Å². The predicted molar refractivity (Wildman–Crippen MR) is 57.3 cm³/mol. The van der Waals surface area contributed by atoms with E-state index in [0.717, 1.165) is 25.1 Å². The Morgan fingerprint density at radius 3 is 2.50 bits per heavy atom. The normalized spacial score (nSPS) is 15.0. The van der Waals surface area contributed by atoms with Crippen LogP contribution >= 0.6 is 12.4 Å². The molecule has 0 saturated carbocycles. The molecule has 0 aromatic heterocycles. The van der Waals surface area contributed by atoms with Gasteiger partial charge in [-0.1, -0.05) is 0 Å². The molecule has 3 nitrogen and oxygen atoms in total. The number of hydrogen-bond donors (Lipinski definition) is 1. The van der Waals surface area contributed by atoms with Crippen LogP contribution in [-0.2, 0) is 4.74 Å². The van der Waals surface area contributed by atoms with E-state index < -0.39 is 0 Å². The SMILES string of the molecule is Cl.Oc1ccc(C2=NCCCO2)cc1. The number of phenols is 1. The Balaban J connectivity index is 0.000000980. The second-order valence-electron chi connectivity index (χ2n) is 2.94. The molecular weight excluding hydrogens is 202 g/mol. The van der Waals surface area contributed by atoms with E-state index in [0.29, 0.717) is 5.90 Å². The lowest BCUT2D eigenvalue weighted by Gasteiger charge is -2.13. The number of benzene rings is 1. The minimum absolute atomic E-state index is 0. The Morgan fingerprint density at radius 2 is 1.93 bits per heavy atom. The molecule has 1 N–H and O–H groups in total. The second kappa shape index (κ2) is 4.86. The number of aliphatic imine (C=N–C) groups is 1. The van der Waals surface area contributed by atoms with Gasteiger partial charge in [-0.05, 0) is 24.3 Å². The number of halogens is 1. The highest BCUT2D eigenvalue weighted by Gasteiger charge is 2.07. The molecule has 0 bridgehead atoms. The number of nitrogens with zero attached hydrogens (tertiary/aromatic N) is 1. The van der Waals surface area contributed by atoms with Gasteiger partial charge in [-0.25, -0.2) is 0 Å². The van der Waals surface area contributed by atoms with Crippen LogP contribution in [0.3, 0.4) is 0 Å². The van der Waals surface area contributed by atoms with Crippen molar-refractivity contribution >= 4 is 18.3 Å². The Morgan fingerprint density at radius 1 is 1.21 bits per heavy atom. The van der Waals surface area contributed by atoms with Gasteiger partial charge in [0.15, 0.2) is 0 Å². The van der Waals surface area contributed by atoms with Crippen LogP contribution in [0.4, 0.5) is 0 Å². The van der Waals surface area contributed by atoms with Crippen LogP contribution < -0.4 is 0 Å². The summed E-state index contributed by atoms with van der Waals surface area (Å²) in [5.74, 6) is 0.950. The second-order valence-corrected chi connectivity index (χ2v) is 2.94. The van der Waals surface area contributed by atoms with Crippen molar-refractivity contribution < 1.29 is 9.84 Å². The van der Waals surface area contributed by atoms with Gasteiger partial charge in [0.05, 0.1) is 6.61 Å². The smallest absolute Gasteiger partial charge is 0.216 e. The van der Waals surface area contributed by atoms with E-state index in [1.165, 1.54) is 0 Å². The summed E-state index contributed by atoms with van der Waals surface area (Å²) in [5, 5.41) is 9.07. The highest BCUT2D eigenvalue weighted by molar-refractivity contribution is 5.94. The molecule has 14 heavy (non-hydrogen) atoms. The monoisotopic (exact) mass is 213 g/mol.